The highest BCUT2D eigenvalue weighted by Crippen LogP contribution is 2.26. The Labute approximate surface area is 88.1 Å². The lowest BCUT2D eigenvalue weighted by Crippen LogP contribution is -2.55. The molecular weight excluding hydrogens is 172 g/mol. The first-order chi connectivity index (χ1) is 6.92. The first kappa shape index (κ1) is 10.4. The van der Waals surface area contributed by atoms with E-state index < -0.39 is 0 Å². The van der Waals surface area contributed by atoms with Crippen LogP contribution in [0.1, 0.15) is 45.4 Å². The number of unbranched alkanes of at least 4 members (excludes halogenated alkanes) is 2. The van der Waals surface area contributed by atoms with Crippen LogP contribution in [0.5, 0.6) is 0 Å². The molecule has 2 heteroatoms. The van der Waals surface area contributed by atoms with Crippen molar-refractivity contribution in [2.45, 2.75) is 57.5 Å². The van der Waals surface area contributed by atoms with Crippen LogP contribution in [0.3, 0.4) is 0 Å². The molecule has 2 nitrogen and oxygen atoms in total. The minimum atomic E-state index is 0.824. The standard InChI is InChI=1S/C12H24N2/c1-2-3-4-9-14-10-8-13-11-6-5-7-12(11)14/h11-13H,2-10H2,1H3/t11-,12-/m0/s1. The van der Waals surface area contributed by atoms with Gasteiger partial charge in [0, 0.05) is 25.2 Å². The summed E-state index contributed by atoms with van der Waals surface area (Å²) in [5.41, 5.74) is 0. The van der Waals surface area contributed by atoms with Crippen molar-refractivity contribution in [3.05, 3.63) is 0 Å². The van der Waals surface area contributed by atoms with E-state index in [4.69, 9.17) is 0 Å². The van der Waals surface area contributed by atoms with Crippen molar-refractivity contribution in [2.75, 3.05) is 19.6 Å². The molecule has 1 saturated carbocycles. The summed E-state index contributed by atoms with van der Waals surface area (Å²) in [5.74, 6) is 0. The molecular formula is C12H24N2. The number of hydrogen-bond acceptors (Lipinski definition) is 2. The largest absolute Gasteiger partial charge is 0.311 e. The van der Waals surface area contributed by atoms with E-state index in [1.54, 1.807) is 0 Å². The lowest BCUT2D eigenvalue weighted by Gasteiger charge is -2.38. The molecule has 0 amide bonds. The minimum absolute atomic E-state index is 0.824. The Kier molecular flexibility index (Phi) is 3.82. The van der Waals surface area contributed by atoms with E-state index in [0.29, 0.717) is 0 Å². The van der Waals surface area contributed by atoms with Crippen molar-refractivity contribution in [1.29, 1.82) is 0 Å². The Morgan fingerprint density at radius 3 is 3.07 bits per heavy atom. The second-order valence-corrected chi connectivity index (χ2v) is 4.80. The first-order valence-corrected chi connectivity index (χ1v) is 6.39. The van der Waals surface area contributed by atoms with Crippen LogP contribution >= 0.6 is 0 Å². The molecule has 1 saturated heterocycles. The summed E-state index contributed by atoms with van der Waals surface area (Å²) < 4.78 is 0. The molecule has 82 valence electrons. The number of fused-ring (bicyclic) bond motifs is 1. The number of nitrogens with one attached hydrogen (secondary N) is 1. The predicted octanol–water partition coefficient (Wildman–Crippen LogP) is 2.00. The molecule has 1 N–H and O–H groups in total. The summed E-state index contributed by atoms with van der Waals surface area (Å²) in [4.78, 5) is 2.74. The van der Waals surface area contributed by atoms with Gasteiger partial charge >= 0.3 is 0 Å². The molecule has 2 aliphatic rings. The highest BCUT2D eigenvalue weighted by molar-refractivity contribution is 4.93. The summed E-state index contributed by atoms with van der Waals surface area (Å²) in [6.45, 7) is 6.13. The van der Waals surface area contributed by atoms with E-state index in [1.807, 2.05) is 0 Å². The third-order valence-electron chi connectivity index (χ3n) is 3.80. The maximum atomic E-state index is 3.66. The van der Waals surface area contributed by atoms with Crippen LogP contribution in [0.25, 0.3) is 0 Å². The third kappa shape index (κ3) is 2.29. The van der Waals surface area contributed by atoms with E-state index in [9.17, 15) is 0 Å². The lowest BCUT2D eigenvalue weighted by atomic mass is 10.1. The second kappa shape index (κ2) is 5.13. The molecule has 1 heterocycles. The van der Waals surface area contributed by atoms with Gasteiger partial charge in [0.2, 0.25) is 0 Å². The molecule has 2 rings (SSSR count). The van der Waals surface area contributed by atoms with Crippen LogP contribution in [0.4, 0.5) is 0 Å². The minimum Gasteiger partial charge on any atom is -0.311 e. The SMILES string of the molecule is CCCCCN1CCN[C@H]2CCC[C@@H]21. The van der Waals surface area contributed by atoms with Crippen molar-refractivity contribution in [3.8, 4) is 0 Å². The fourth-order valence-corrected chi connectivity index (χ4v) is 3.02. The van der Waals surface area contributed by atoms with Gasteiger partial charge in [-0.25, -0.2) is 0 Å². The molecule has 0 aromatic carbocycles. The molecule has 0 aromatic rings. The molecule has 0 aromatic heterocycles. The monoisotopic (exact) mass is 196 g/mol. The molecule has 1 aliphatic heterocycles. The van der Waals surface area contributed by atoms with Crippen molar-refractivity contribution in [3.63, 3.8) is 0 Å². The average molecular weight is 196 g/mol. The maximum Gasteiger partial charge on any atom is 0.0249 e. The van der Waals surface area contributed by atoms with Crippen LogP contribution in [0.15, 0.2) is 0 Å². The maximum absolute atomic E-state index is 3.66. The van der Waals surface area contributed by atoms with Gasteiger partial charge in [-0.3, -0.25) is 4.90 Å². The summed E-state index contributed by atoms with van der Waals surface area (Å²) in [6, 6.07) is 1.70. The fraction of sp³-hybridized carbons (Fsp3) is 1.00. The van der Waals surface area contributed by atoms with Crippen molar-refractivity contribution < 1.29 is 0 Å². The van der Waals surface area contributed by atoms with Gasteiger partial charge in [0.25, 0.3) is 0 Å². The number of hydrogen-bond donors (Lipinski definition) is 1. The summed E-state index contributed by atoms with van der Waals surface area (Å²) in [7, 11) is 0. The van der Waals surface area contributed by atoms with Crippen molar-refractivity contribution >= 4 is 0 Å². The van der Waals surface area contributed by atoms with Crippen LogP contribution in [0.2, 0.25) is 0 Å². The van der Waals surface area contributed by atoms with Crippen molar-refractivity contribution in [2.24, 2.45) is 0 Å². The zero-order valence-corrected chi connectivity index (χ0v) is 9.47. The molecule has 0 unspecified atom stereocenters. The van der Waals surface area contributed by atoms with Gasteiger partial charge in [0.1, 0.15) is 0 Å². The highest BCUT2D eigenvalue weighted by atomic mass is 15.2. The smallest absolute Gasteiger partial charge is 0.0249 e. The van der Waals surface area contributed by atoms with Gasteiger partial charge in [0.15, 0.2) is 0 Å². The van der Waals surface area contributed by atoms with E-state index in [0.717, 1.165) is 12.1 Å². The van der Waals surface area contributed by atoms with Gasteiger partial charge in [-0.05, 0) is 25.8 Å². The quantitative estimate of drug-likeness (QED) is 0.692. The lowest BCUT2D eigenvalue weighted by molar-refractivity contribution is 0.134. The number of rotatable bonds is 4. The van der Waals surface area contributed by atoms with Crippen LogP contribution in [-0.4, -0.2) is 36.6 Å². The topological polar surface area (TPSA) is 15.3 Å². The van der Waals surface area contributed by atoms with Gasteiger partial charge in [-0.2, -0.15) is 0 Å². The van der Waals surface area contributed by atoms with Crippen LogP contribution < -0.4 is 5.32 Å². The second-order valence-electron chi connectivity index (χ2n) is 4.80. The zero-order valence-electron chi connectivity index (χ0n) is 9.47. The molecule has 0 spiro atoms. The third-order valence-corrected chi connectivity index (χ3v) is 3.80. The Bertz CT molecular complexity index is 170. The van der Waals surface area contributed by atoms with Gasteiger partial charge in [-0.15, -0.1) is 0 Å². The van der Waals surface area contributed by atoms with Gasteiger partial charge < -0.3 is 5.32 Å². The molecule has 14 heavy (non-hydrogen) atoms. The fourth-order valence-electron chi connectivity index (χ4n) is 3.02. The van der Waals surface area contributed by atoms with Gasteiger partial charge in [-0.1, -0.05) is 26.2 Å². The van der Waals surface area contributed by atoms with E-state index >= 15 is 0 Å². The van der Waals surface area contributed by atoms with E-state index in [1.165, 1.54) is 58.2 Å². The molecule has 1 aliphatic carbocycles. The number of nitrogens with zero attached hydrogens (tertiary/aromatic N) is 1. The Morgan fingerprint density at radius 1 is 1.29 bits per heavy atom. The molecule has 2 atom stereocenters. The van der Waals surface area contributed by atoms with E-state index in [-0.39, 0.29) is 0 Å². The van der Waals surface area contributed by atoms with Crippen LogP contribution in [0, 0.1) is 0 Å². The van der Waals surface area contributed by atoms with Gasteiger partial charge in [0.05, 0.1) is 0 Å². The Balaban J connectivity index is 1.78. The summed E-state index contributed by atoms with van der Waals surface area (Å²) >= 11 is 0. The zero-order chi connectivity index (χ0) is 9.80. The summed E-state index contributed by atoms with van der Waals surface area (Å²) in [6.07, 6.45) is 8.44. The normalized spacial score (nSPS) is 33.2. The Morgan fingerprint density at radius 2 is 2.21 bits per heavy atom. The summed E-state index contributed by atoms with van der Waals surface area (Å²) in [5, 5.41) is 3.66. The average Bonchev–Trinajstić information content (AvgIpc) is 2.67. The predicted molar refractivity (Wildman–Crippen MR) is 60.5 cm³/mol. The van der Waals surface area contributed by atoms with E-state index in [2.05, 4.69) is 17.1 Å². The van der Waals surface area contributed by atoms with Crippen LogP contribution in [-0.2, 0) is 0 Å². The number of piperazine rings is 1. The Hall–Kier alpha value is -0.0800. The molecule has 0 radical (unpaired) electrons. The highest BCUT2D eigenvalue weighted by Gasteiger charge is 2.33. The van der Waals surface area contributed by atoms with Crippen molar-refractivity contribution in [1.82, 2.24) is 10.2 Å². The first-order valence-electron chi connectivity index (χ1n) is 6.39. The molecule has 0 bridgehead atoms. The molecule has 2 fully saturated rings.